The second kappa shape index (κ2) is 5.56. The maximum atomic E-state index is 14.0. The zero-order valence-electron chi connectivity index (χ0n) is 16.4. The summed E-state index contributed by atoms with van der Waals surface area (Å²) in [4.78, 5) is 23.0. The molecule has 4 aliphatic carbocycles. The normalized spacial score (nSPS) is 46.0. The van der Waals surface area contributed by atoms with Gasteiger partial charge in [0.15, 0.2) is 0 Å². The number of carbonyl (C=O) groups excluding carboxylic acids is 1. The van der Waals surface area contributed by atoms with E-state index >= 15 is 0 Å². The second-order valence-corrected chi connectivity index (χ2v) is 10.4. The highest BCUT2D eigenvalue weighted by atomic mass is 16.2. The number of amides is 1. The van der Waals surface area contributed by atoms with Crippen LogP contribution in [0.15, 0.2) is 12.7 Å². The monoisotopic (exact) mass is 369 g/mol. The number of fused-ring (bicyclic) bond motifs is 2. The van der Waals surface area contributed by atoms with E-state index in [9.17, 15) is 4.79 Å². The van der Waals surface area contributed by atoms with Gasteiger partial charge in [-0.2, -0.15) is 5.10 Å². The molecule has 6 aliphatic rings. The van der Waals surface area contributed by atoms with Gasteiger partial charge in [-0.15, -0.1) is 0 Å². The van der Waals surface area contributed by atoms with Crippen LogP contribution in [0.4, 0.5) is 0 Å². The number of rotatable bonds is 2. The summed E-state index contributed by atoms with van der Waals surface area (Å²) >= 11 is 0. The highest BCUT2D eigenvalue weighted by molar-refractivity contribution is 5.83. The zero-order chi connectivity index (χ0) is 18.2. The van der Waals surface area contributed by atoms with Gasteiger partial charge in [0, 0.05) is 25.2 Å². The van der Waals surface area contributed by atoms with E-state index in [4.69, 9.17) is 0 Å². The number of likely N-dealkylation sites (N-methyl/N-ethyl adjacent to an activating group) is 1. The molecule has 27 heavy (non-hydrogen) atoms. The first-order valence-electron chi connectivity index (χ1n) is 10.9. The van der Waals surface area contributed by atoms with E-state index < -0.39 is 0 Å². The van der Waals surface area contributed by atoms with Crippen molar-refractivity contribution in [1.29, 1.82) is 0 Å². The summed E-state index contributed by atoms with van der Waals surface area (Å²) < 4.78 is 2.12. The Bertz CT molecular complexity index is 732. The highest BCUT2D eigenvalue weighted by Gasteiger charge is 2.62. The van der Waals surface area contributed by atoms with Gasteiger partial charge in [0.25, 0.3) is 0 Å². The summed E-state index contributed by atoms with van der Waals surface area (Å²) in [7, 11) is 2.26. The number of nitrogens with zero attached hydrogens (tertiary/aromatic N) is 5. The minimum absolute atomic E-state index is 0.0396. The molecule has 4 atom stereocenters. The van der Waals surface area contributed by atoms with Gasteiger partial charge < -0.3 is 4.90 Å². The second-order valence-electron chi connectivity index (χ2n) is 10.4. The third kappa shape index (κ3) is 2.31. The van der Waals surface area contributed by atoms with E-state index in [1.165, 1.54) is 32.1 Å². The first-order chi connectivity index (χ1) is 13.1. The van der Waals surface area contributed by atoms with Crippen LogP contribution in [0, 0.1) is 17.3 Å². The van der Waals surface area contributed by atoms with E-state index in [-0.39, 0.29) is 11.0 Å². The minimum atomic E-state index is -0.141. The Morgan fingerprint density at radius 2 is 1.85 bits per heavy atom. The van der Waals surface area contributed by atoms with E-state index in [1.54, 1.807) is 6.33 Å². The minimum Gasteiger partial charge on any atom is -0.341 e. The molecule has 2 unspecified atom stereocenters. The Morgan fingerprint density at radius 1 is 1.07 bits per heavy atom. The Balaban J connectivity index is 1.31. The third-order valence-corrected chi connectivity index (χ3v) is 8.82. The van der Waals surface area contributed by atoms with Gasteiger partial charge in [-0.3, -0.25) is 9.69 Å². The highest BCUT2D eigenvalue weighted by Crippen LogP contribution is 2.64. The molecule has 1 amide bonds. The van der Waals surface area contributed by atoms with Crippen LogP contribution in [0.2, 0.25) is 0 Å². The van der Waals surface area contributed by atoms with Crippen LogP contribution in [0.1, 0.15) is 57.8 Å². The SMILES string of the molecule is CN1[C@@H]2CC[C@H]1CN(C(=O)C13CC4CC(C1)CC(n1cncn1)(C4)C3)CC2. The summed E-state index contributed by atoms with van der Waals surface area (Å²) in [5.41, 5.74) is -0.101. The Hall–Kier alpha value is -1.43. The Morgan fingerprint density at radius 3 is 2.59 bits per heavy atom. The molecular formula is C21H31N5O. The van der Waals surface area contributed by atoms with Crippen LogP contribution in [0.25, 0.3) is 0 Å². The van der Waals surface area contributed by atoms with Crippen LogP contribution >= 0.6 is 0 Å². The maximum absolute atomic E-state index is 14.0. The van der Waals surface area contributed by atoms with Crippen molar-refractivity contribution in [3.05, 3.63) is 12.7 Å². The van der Waals surface area contributed by atoms with Gasteiger partial charge in [-0.05, 0) is 76.7 Å². The lowest BCUT2D eigenvalue weighted by Gasteiger charge is -2.61. The van der Waals surface area contributed by atoms with Crippen molar-refractivity contribution >= 4 is 5.91 Å². The molecule has 4 saturated carbocycles. The molecule has 6 nitrogen and oxygen atoms in total. The maximum Gasteiger partial charge on any atom is 0.228 e. The molecule has 6 heteroatoms. The fraction of sp³-hybridized carbons (Fsp3) is 0.857. The summed E-state index contributed by atoms with van der Waals surface area (Å²) in [6.45, 7) is 1.90. The van der Waals surface area contributed by atoms with Gasteiger partial charge in [0.1, 0.15) is 12.7 Å². The van der Waals surface area contributed by atoms with Gasteiger partial charge in [0.05, 0.1) is 11.0 Å². The first-order valence-corrected chi connectivity index (χ1v) is 10.9. The molecule has 2 aliphatic heterocycles. The van der Waals surface area contributed by atoms with Crippen molar-refractivity contribution in [2.45, 2.75) is 75.4 Å². The number of carbonyl (C=O) groups is 1. The van der Waals surface area contributed by atoms with Crippen LogP contribution in [0.3, 0.4) is 0 Å². The number of aromatic nitrogens is 3. The Kier molecular flexibility index (Phi) is 3.40. The van der Waals surface area contributed by atoms with Crippen molar-refractivity contribution in [3.8, 4) is 0 Å². The van der Waals surface area contributed by atoms with Crippen LogP contribution in [-0.4, -0.2) is 62.7 Å². The summed E-state index contributed by atoms with van der Waals surface area (Å²) in [6, 6.07) is 1.25. The molecular weight excluding hydrogens is 338 g/mol. The van der Waals surface area contributed by atoms with Crippen molar-refractivity contribution < 1.29 is 4.79 Å². The van der Waals surface area contributed by atoms with Crippen molar-refractivity contribution in [2.75, 3.05) is 20.1 Å². The van der Waals surface area contributed by atoms with E-state index in [0.717, 1.165) is 38.8 Å². The molecule has 1 aromatic rings. The lowest BCUT2D eigenvalue weighted by Crippen LogP contribution is -2.62. The van der Waals surface area contributed by atoms with Gasteiger partial charge >= 0.3 is 0 Å². The fourth-order valence-electron chi connectivity index (χ4n) is 8.01. The topological polar surface area (TPSA) is 54.3 Å². The number of hydrogen-bond acceptors (Lipinski definition) is 4. The van der Waals surface area contributed by atoms with Crippen molar-refractivity contribution in [1.82, 2.24) is 24.6 Å². The summed E-state index contributed by atoms with van der Waals surface area (Å²) in [5.74, 6) is 1.85. The predicted molar refractivity (Wildman–Crippen MR) is 101 cm³/mol. The molecule has 3 heterocycles. The summed E-state index contributed by atoms with van der Waals surface area (Å²) in [6.07, 6.45) is 14.2. The molecule has 0 spiro atoms. The predicted octanol–water partition coefficient (Wildman–Crippen LogP) is 2.27. The lowest BCUT2D eigenvalue weighted by atomic mass is 9.46. The van der Waals surface area contributed by atoms with Crippen molar-refractivity contribution in [3.63, 3.8) is 0 Å². The van der Waals surface area contributed by atoms with Crippen LogP contribution in [-0.2, 0) is 10.3 Å². The Labute approximate surface area is 161 Å². The average Bonchev–Trinajstić information content (AvgIpc) is 3.23. The molecule has 6 bridgehead atoms. The molecule has 146 valence electrons. The smallest absolute Gasteiger partial charge is 0.228 e. The standard InChI is InChI=1S/C21H31N5O/c1-24-17-2-3-18(24)11-25(5-4-17)19(27)20-7-15-6-16(8-20)10-21(9-15,12-20)26-14-22-13-23-26/h13-18H,2-12H2,1H3/t15?,16?,17-,18+,20?,21?/m1/s1. The molecule has 0 aromatic carbocycles. The van der Waals surface area contributed by atoms with E-state index in [1.807, 2.05) is 6.33 Å². The average molecular weight is 370 g/mol. The first kappa shape index (κ1) is 16.5. The largest absolute Gasteiger partial charge is 0.341 e. The van der Waals surface area contributed by atoms with Gasteiger partial charge in [-0.1, -0.05) is 0 Å². The molecule has 0 radical (unpaired) electrons. The lowest BCUT2D eigenvalue weighted by molar-refractivity contribution is -0.167. The quantitative estimate of drug-likeness (QED) is 0.802. The van der Waals surface area contributed by atoms with Gasteiger partial charge in [0.2, 0.25) is 5.91 Å². The molecule has 7 rings (SSSR count). The summed E-state index contributed by atoms with van der Waals surface area (Å²) in [5, 5.41) is 4.54. The van der Waals surface area contributed by atoms with Crippen LogP contribution < -0.4 is 0 Å². The molecule has 0 N–H and O–H groups in total. The molecule has 6 fully saturated rings. The fourth-order valence-corrected chi connectivity index (χ4v) is 8.01. The number of hydrogen-bond donors (Lipinski definition) is 0. The van der Waals surface area contributed by atoms with E-state index in [0.29, 0.717) is 29.8 Å². The molecule has 1 aromatic heterocycles. The van der Waals surface area contributed by atoms with E-state index in [2.05, 4.69) is 31.6 Å². The molecule has 2 saturated heterocycles. The number of likely N-dealkylation sites (tertiary alicyclic amines) is 1. The van der Waals surface area contributed by atoms with Gasteiger partial charge in [-0.25, -0.2) is 9.67 Å². The van der Waals surface area contributed by atoms with Crippen LogP contribution in [0.5, 0.6) is 0 Å². The van der Waals surface area contributed by atoms with Crippen molar-refractivity contribution in [2.24, 2.45) is 17.3 Å². The zero-order valence-corrected chi connectivity index (χ0v) is 16.4. The third-order valence-electron chi connectivity index (χ3n) is 8.82.